The van der Waals surface area contributed by atoms with Gasteiger partial charge in [0.15, 0.2) is 0 Å². The largest absolute Gasteiger partial charge is 0.464 e. The Balaban J connectivity index is 1.50. The Hall–Kier alpha value is -2.92. The van der Waals surface area contributed by atoms with Crippen molar-refractivity contribution in [3.05, 3.63) is 77.8 Å². The Morgan fingerprint density at radius 2 is 2.04 bits per heavy atom. The van der Waals surface area contributed by atoms with Crippen molar-refractivity contribution in [2.24, 2.45) is 0 Å². The smallest absolute Gasteiger partial charge is 0.227 e. The molecule has 0 bridgehead atoms. The van der Waals surface area contributed by atoms with Crippen molar-refractivity contribution in [1.82, 2.24) is 0 Å². The number of carbonyl (C=O) groups excluding carboxylic acids is 1. The van der Waals surface area contributed by atoms with Crippen molar-refractivity contribution >= 4 is 11.6 Å². The van der Waals surface area contributed by atoms with E-state index in [9.17, 15) is 9.18 Å². The SMILES string of the molecule is O=C(C[C@@H]1OCCc2ccccc21)Nc1cc(-c2ccco2)ccc1F. The highest BCUT2D eigenvalue weighted by Gasteiger charge is 2.23. The van der Waals surface area contributed by atoms with Crippen LogP contribution in [0.15, 0.2) is 65.3 Å². The summed E-state index contributed by atoms with van der Waals surface area (Å²) in [6, 6.07) is 16.0. The molecule has 0 saturated carbocycles. The fourth-order valence-electron chi connectivity index (χ4n) is 3.23. The Kier molecular flexibility index (Phi) is 4.54. The molecule has 0 saturated heterocycles. The molecule has 5 heteroatoms. The molecular formula is C21H18FNO3. The average molecular weight is 351 g/mol. The van der Waals surface area contributed by atoms with Crippen molar-refractivity contribution in [3.63, 3.8) is 0 Å². The highest BCUT2D eigenvalue weighted by Crippen LogP contribution is 2.30. The van der Waals surface area contributed by atoms with Crippen LogP contribution >= 0.6 is 0 Å². The van der Waals surface area contributed by atoms with Gasteiger partial charge in [0.25, 0.3) is 0 Å². The summed E-state index contributed by atoms with van der Waals surface area (Å²) < 4.78 is 25.2. The number of hydrogen-bond acceptors (Lipinski definition) is 3. The van der Waals surface area contributed by atoms with E-state index >= 15 is 0 Å². The van der Waals surface area contributed by atoms with Crippen molar-refractivity contribution in [2.75, 3.05) is 11.9 Å². The minimum atomic E-state index is -0.487. The number of fused-ring (bicyclic) bond motifs is 1. The van der Waals surface area contributed by atoms with Crippen LogP contribution in [0.1, 0.15) is 23.7 Å². The predicted octanol–water partition coefficient (Wildman–Crippen LogP) is 4.73. The maximum absolute atomic E-state index is 14.1. The first-order valence-corrected chi connectivity index (χ1v) is 8.53. The molecule has 1 N–H and O–H groups in total. The first-order valence-electron chi connectivity index (χ1n) is 8.53. The van der Waals surface area contributed by atoms with Gasteiger partial charge in [0.1, 0.15) is 11.6 Å². The molecule has 1 aliphatic heterocycles. The van der Waals surface area contributed by atoms with Crippen LogP contribution in [0.25, 0.3) is 11.3 Å². The Labute approximate surface area is 150 Å². The zero-order valence-corrected chi connectivity index (χ0v) is 14.1. The van der Waals surface area contributed by atoms with Gasteiger partial charge in [0.05, 0.1) is 31.1 Å². The molecule has 1 aliphatic rings. The summed E-state index contributed by atoms with van der Waals surface area (Å²) in [5, 5.41) is 2.66. The summed E-state index contributed by atoms with van der Waals surface area (Å²) in [6.45, 7) is 0.581. The first kappa shape index (κ1) is 16.5. The second kappa shape index (κ2) is 7.14. The van der Waals surface area contributed by atoms with Crippen LogP contribution in [0.4, 0.5) is 10.1 Å². The van der Waals surface area contributed by atoms with Crippen LogP contribution in [-0.4, -0.2) is 12.5 Å². The van der Waals surface area contributed by atoms with Crippen LogP contribution in [0, 0.1) is 5.82 Å². The summed E-state index contributed by atoms with van der Waals surface area (Å²) in [7, 11) is 0. The maximum atomic E-state index is 14.1. The van der Waals surface area contributed by atoms with Gasteiger partial charge in [-0.25, -0.2) is 4.39 Å². The number of rotatable bonds is 4. The fraction of sp³-hybridized carbons (Fsp3) is 0.190. The predicted molar refractivity (Wildman–Crippen MR) is 96.2 cm³/mol. The van der Waals surface area contributed by atoms with E-state index in [4.69, 9.17) is 9.15 Å². The van der Waals surface area contributed by atoms with Gasteiger partial charge in [-0.3, -0.25) is 4.79 Å². The quantitative estimate of drug-likeness (QED) is 0.739. The van der Waals surface area contributed by atoms with Crippen LogP contribution < -0.4 is 5.32 Å². The average Bonchev–Trinajstić information content (AvgIpc) is 3.18. The molecule has 2 aromatic carbocycles. The number of hydrogen-bond donors (Lipinski definition) is 1. The Morgan fingerprint density at radius 1 is 1.15 bits per heavy atom. The van der Waals surface area contributed by atoms with Gasteiger partial charge in [-0.2, -0.15) is 0 Å². The number of anilines is 1. The molecule has 1 amide bonds. The molecule has 2 heterocycles. The van der Waals surface area contributed by atoms with Crippen LogP contribution in [0.2, 0.25) is 0 Å². The molecule has 0 fully saturated rings. The number of ether oxygens (including phenoxy) is 1. The lowest BCUT2D eigenvalue weighted by Crippen LogP contribution is -2.22. The standard InChI is InChI=1S/C21H18FNO3/c22-17-8-7-15(19-6-3-10-25-19)12-18(17)23-21(24)13-20-16-5-2-1-4-14(16)9-11-26-20/h1-8,10,12,20H,9,11,13H2,(H,23,24)/t20-/m0/s1. The van der Waals surface area contributed by atoms with Gasteiger partial charge in [0, 0.05) is 5.56 Å². The van der Waals surface area contributed by atoms with Gasteiger partial charge in [-0.05, 0) is 47.9 Å². The van der Waals surface area contributed by atoms with E-state index in [2.05, 4.69) is 11.4 Å². The molecule has 4 rings (SSSR count). The molecule has 132 valence electrons. The number of furan rings is 1. The molecule has 3 aromatic rings. The van der Waals surface area contributed by atoms with Gasteiger partial charge in [-0.1, -0.05) is 24.3 Å². The lowest BCUT2D eigenvalue weighted by atomic mass is 9.95. The zero-order chi connectivity index (χ0) is 17.9. The van der Waals surface area contributed by atoms with E-state index < -0.39 is 5.82 Å². The molecule has 4 nitrogen and oxygen atoms in total. The Bertz CT molecular complexity index is 921. The first-order chi connectivity index (χ1) is 12.7. The topological polar surface area (TPSA) is 51.5 Å². The number of carbonyl (C=O) groups is 1. The molecular weight excluding hydrogens is 333 g/mol. The number of amides is 1. The minimum absolute atomic E-state index is 0.132. The Morgan fingerprint density at radius 3 is 2.88 bits per heavy atom. The zero-order valence-electron chi connectivity index (χ0n) is 14.1. The molecule has 1 aromatic heterocycles. The second-order valence-corrected chi connectivity index (χ2v) is 6.23. The van der Waals surface area contributed by atoms with Crippen LogP contribution in [0.5, 0.6) is 0 Å². The van der Waals surface area contributed by atoms with Crippen molar-refractivity contribution in [1.29, 1.82) is 0 Å². The summed E-state index contributed by atoms with van der Waals surface area (Å²) in [4.78, 5) is 12.5. The molecule has 0 unspecified atom stereocenters. The second-order valence-electron chi connectivity index (χ2n) is 6.23. The van der Waals surface area contributed by atoms with Crippen molar-refractivity contribution in [2.45, 2.75) is 18.9 Å². The monoisotopic (exact) mass is 351 g/mol. The van der Waals surface area contributed by atoms with Gasteiger partial charge < -0.3 is 14.5 Å². The third-order valence-corrected chi connectivity index (χ3v) is 4.51. The summed E-state index contributed by atoms with van der Waals surface area (Å²) >= 11 is 0. The third kappa shape index (κ3) is 3.39. The molecule has 0 radical (unpaired) electrons. The lowest BCUT2D eigenvalue weighted by Gasteiger charge is -2.25. The van der Waals surface area contributed by atoms with Crippen molar-refractivity contribution < 1.29 is 18.3 Å². The summed E-state index contributed by atoms with van der Waals surface area (Å²) in [5.41, 5.74) is 3.06. The molecule has 1 atom stereocenters. The van der Waals surface area contributed by atoms with E-state index in [0.29, 0.717) is 17.9 Å². The van der Waals surface area contributed by atoms with Crippen LogP contribution in [0.3, 0.4) is 0 Å². The highest BCUT2D eigenvalue weighted by molar-refractivity contribution is 5.92. The highest BCUT2D eigenvalue weighted by atomic mass is 19.1. The van der Waals surface area contributed by atoms with Gasteiger partial charge in [0.2, 0.25) is 5.91 Å². The minimum Gasteiger partial charge on any atom is -0.464 e. The normalized spacial score (nSPS) is 16.1. The van der Waals surface area contributed by atoms with E-state index in [1.54, 1.807) is 30.5 Å². The van der Waals surface area contributed by atoms with E-state index in [-0.39, 0.29) is 24.1 Å². The number of benzene rings is 2. The van der Waals surface area contributed by atoms with E-state index in [1.165, 1.54) is 11.6 Å². The van der Waals surface area contributed by atoms with Gasteiger partial charge in [-0.15, -0.1) is 0 Å². The van der Waals surface area contributed by atoms with Crippen molar-refractivity contribution in [3.8, 4) is 11.3 Å². The third-order valence-electron chi connectivity index (χ3n) is 4.51. The van der Waals surface area contributed by atoms with Crippen LogP contribution in [-0.2, 0) is 16.0 Å². The fourth-order valence-corrected chi connectivity index (χ4v) is 3.23. The molecule has 26 heavy (non-hydrogen) atoms. The number of halogens is 1. The molecule has 0 aliphatic carbocycles. The van der Waals surface area contributed by atoms with E-state index in [0.717, 1.165) is 12.0 Å². The molecule has 0 spiro atoms. The summed E-state index contributed by atoms with van der Waals surface area (Å²) in [6.07, 6.45) is 2.22. The maximum Gasteiger partial charge on any atom is 0.227 e. The van der Waals surface area contributed by atoms with Gasteiger partial charge >= 0.3 is 0 Å². The summed E-state index contributed by atoms with van der Waals surface area (Å²) in [5.74, 6) is -0.161. The number of nitrogens with one attached hydrogen (secondary N) is 1. The van der Waals surface area contributed by atoms with E-state index in [1.807, 2.05) is 18.2 Å². The lowest BCUT2D eigenvalue weighted by molar-refractivity contribution is -0.119.